The lowest BCUT2D eigenvalue weighted by molar-refractivity contribution is 0.0954. The molecule has 25 heavy (non-hydrogen) atoms. The van der Waals surface area contributed by atoms with Crippen molar-refractivity contribution in [1.82, 2.24) is 5.32 Å². The molecule has 0 unspecified atom stereocenters. The highest BCUT2D eigenvalue weighted by atomic mass is 35.7. The minimum Gasteiger partial charge on any atom is -0.493 e. The third-order valence-electron chi connectivity index (χ3n) is 3.55. The van der Waals surface area contributed by atoms with Gasteiger partial charge in [0.1, 0.15) is 0 Å². The van der Waals surface area contributed by atoms with Gasteiger partial charge in [-0.3, -0.25) is 4.79 Å². The number of nitrogens with one attached hydrogen (secondary N) is 1. The number of rotatable bonds is 7. The van der Waals surface area contributed by atoms with Gasteiger partial charge in [-0.2, -0.15) is 0 Å². The average Bonchev–Trinajstić information content (AvgIpc) is 2.60. The van der Waals surface area contributed by atoms with Gasteiger partial charge in [0.05, 0.1) is 19.1 Å². The molecule has 2 aromatic rings. The second-order valence-corrected chi connectivity index (χ2v) is 7.72. The summed E-state index contributed by atoms with van der Waals surface area (Å²) >= 11 is 0. The zero-order chi connectivity index (χ0) is 18.4. The number of hydrogen-bond acceptors (Lipinski definition) is 5. The number of benzene rings is 2. The van der Waals surface area contributed by atoms with Gasteiger partial charge >= 0.3 is 0 Å². The predicted octanol–water partition coefficient (Wildman–Crippen LogP) is 2.60. The standard InChI is InChI=1S/C17H18ClNO5S/c1-23-15-8-3-12(11-16(15)24-2)9-10-19-17(20)13-4-6-14(7-5-13)25(18,21)22/h3-8,11H,9-10H2,1-2H3,(H,19,20). The molecule has 0 atom stereocenters. The van der Waals surface area contributed by atoms with Crippen molar-refractivity contribution in [3.8, 4) is 11.5 Å². The average molecular weight is 384 g/mol. The van der Waals surface area contributed by atoms with E-state index in [1.54, 1.807) is 20.3 Å². The molecule has 0 aliphatic carbocycles. The van der Waals surface area contributed by atoms with Gasteiger partial charge < -0.3 is 14.8 Å². The van der Waals surface area contributed by atoms with Gasteiger partial charge in [0.25, 0.3) is 15.0 Å². The van der Waals surface area contributed by atoms with Gasteiger partial charge in [-0.1, -0.05) is 6.07 Å². The Labute approximate surface area is 151 Å². The minimum absolute atomic E-state index is 0.0453. The molecule has 0 heterocycles. The number of halogens is 1. The van der Waals surface area contributed by atoms with Crippen molar-refractivity contribution < 1.29 is 22.7 Å². The molecule has 6 nitrogen and oxygen atoms in total. The summed E-state index contributed by atoms with van der Waals surface area (Å²) in [7, 11) is 4.58. The number of ether oxygens (including phenoxy) is 2. The molecule has 0 bridgehead atoms. The Hall–Kier alpha value is -2.25. The molecule has 1 amide bonds. The maximum atomic E-state index is 12.1. The van der Waals surface area contributed by atoms with Crippen molar-refractivity contribution in [2.75, 3.05) is 20.8 Å². The quantitative estimate of drug-likeness (QED) is 0.743. The Morgan fingerprint density at radius 3 is 2.24 bits per heavy atom. The van der Waals surface area contributed by atoms with E-state index < -0.39 is 9.05 Å². The van der Waals surface area contributed by atoms with Gasteiger partial charge in [0.15, 0.2) is 11.5 Å². The molecule has 0 saturated carbocycles. The van der Waals surface area contributed by atoms with Gasteiger partial charge in [0, 0.05) is 22.8 Å². The van der Waals surface area contributed by atoms with Crippen LogP contribution in [0.3, 0.4) is 0 Å². The van der Waals surface area contributed by atoms with Gasteiger partial charge in [0.2, 0.25) is 0 Å². The molecule has 134 valence electrons. The van der Waals surface area contributed by atoms with Crippen molar-refractivity contribution in [2.45, 2.75) is 11.3 Å². The van der Waals surface area contributed by atoms with E-state index >= 15 is 0 Å². The van der Waals surface area contributed by atoms with Crippen molar-refractivity contribution in [1.29, 1.82) is 0 Å². The molecule has 8 heteroatoms. The van der Waals surface area contributed by atoms with Crippen molar-refractivity contribution >= 4 is 25.6 Å². The molecular formula is C17H18ClNO5S. The fourth-order valence-corrected chi connectivity index (χ4v) is 3.00. The van der Waals surface area contributed by atoms with Crippen LogP contribution in [0.2, 0.25) is 0 Å². The fraction of sp³-hybridized carbons (Fsp3) is 0.235. The Morgan fingerprint density at radius 1 is 1.04 bits per heavy atom. The highest BCUT2D eigenvalue weighted by molar-refractivity contribution is 8.13. The van der Waals surface area contributed by atoms with Crippen molar-refractivity contribution in [3.05, 3.63) is 53.6 Å². The molecule has 0 radical (unpaired) electrons. The number of carbonyl (C=O) groups is 1. The van der Waals surface area contributed by atoms with Crippen LogP contribution < -0.4 is 14.8 Å². The first-order valence-electron chi connectivity index (χ1n) is 7.39. The lowest BCUT2D eigenvalue weighted by atomic mass is 10.1. The van der Waals surface area contributed by atoms with Crippen molar-refractivity contribution in [3.63, 3.8) is 0 Å². The highest BCUT2D eigenvalue weighted by Crippen LogP contribution is 2.27. The maximum absolute atomic E-state index is 12.1. The molecule has 0 aliphatic rings. The lowest BCUT2D eigenvalue weighted by Crippen LogP contribution is -2.25. The SMILES string of the molecule is COc1ccc(CCNC(=O)c2ccc(S(=O)(=O)Cl)cc2)cc1OC. The summed E-state index contributed by atoms with van der Waals surface area (Å²) in [6.45, 7) is 0.421. The Bertz CT molecular complexity index is 850. The number of amides is 1. The molecule has 0 aliphatic heterocycles. The molecule has 1 N–H and O–H groups in total. The van der Waals surface area contributed by atoms with E-state index in [1.807, 2.05) is 12.1 Å². The molecule has 0 spiro atoms. The second kappa shape index (κ2) is 8.22. The van der Waals surface area contributed by atoms with Crippen LogP contribution in [0, 0.1) is 0 Å². The van der Waals surface area contributed by atoms with E-state index in [1.165, 1.54) is 24.3 Å². The highest BCUT2D eigenvalue weighted by Gasteiger charge is 2.11. The van der Waals surface area contributed by atoms with Gasteiger partial charge in [-0.25, -0.2) is 8.42 Å². The molecule has 2 rings (SSSR count). The van der Waals surface area contributed by atoms with Crippen LogP contribution in [0.25, 0.3) is 0 Å². The first kappa shape index (κ1) is 19.1. The third kappa shape index (κ3) is 5.11. The van der Waals surface area contributed by atoms with Crippen molar-refractivity contribution in [2.24, 2.45) is 0 Å². The smallest absolute Gasteiger partial charge is 0.261 e. The van der Waals surface area contributed by atoms with E-state index in [2.05, 4.69) is 5.32 Å². The Balaban J connectivity index is 1.94. The first-order chi connectivity index (χ1) is 11.8. The van der Waals surface area contributed by atoms with Crippen LogP contribution >= 0.6 is 10.7 Å². The number of methoxy groups -OCH3 is 2. The normalized spacial score (nSPS) is 11.0. The topological polar surface area (TPSA) is 81.7 Å². The van der Waals surface area contributed by atoms with Crippen LogP contribution in [-0.4, -0.2) is 35.1 Å². The Kier molecular flexibility index (Phi) is 6.27. The number of hydrogen-bond donors (Lipinski definition) is 1. The number of carbonyl (C=O) groups excluding carboxylic acids is 1. The largest absolute Gasteiger partial charge is 0.493 e. The van der Waals surface area contributed by atoms with Crippen LogP contribution in [0.4, 0.5) is 0 Å². The zero-order valence-electron chi connectivity index (χ0n) is 13.8. The molecule has 0 fully saturated rings. The molecular weight excluding hydrogens is 366 g/mol. The third-order valence-corrected chi connectivity index (χ3v) is 4.91. The fourth-order valence-electron chi connectivity index (χ4n) is 2.23. The summed E-state index contributed by atoms with van der Waals surface area (Å²) < 4.78 is 32.8. The van der Waals surface area contributed by atoms with Crippen LogP contribution in [-0.2, 0) is 15.5 Å². The monoisotopic (exact) mass is 383 g/mol. The summed E-state index contributed by atoms with van der Waals surface area (Å²) in [5.74, 6) is 0.979. The summed E-state index contributed by atoms with van der Waals surface area (Å²) in [4.78, 5) is 12.0. The molecule has 2 aromatic carbocycles. The van der Waals surface area contributed by atoms with E-state index in [0.29, 0.717) is 30.0 Å². The van der Waals surface area contributed by atoms with Gasteiger partial charge in [-0.15, -0.1) is 0 Å². The first-order valence-corrected chi connectivity index (χ1v) is 9.70. The van der Waals surface area contributed by atoms with Crippen LogP contribution in [0.15, 0.2) is 47.4 Å². The summed E-state index contributed by atoms with van der Waals surface area (Å²) in [5.41, 5.74) is 1.35. The van der Waals surface area contributed by atoms with E-state index in [9.17, 15) is 13.2 Å². The minimum atomic E-state index is -3.79. The summed E-state index contributed by atoms with van der Waals surface area (Å²) in [5, 5.41) is 2.78. The van der Waals surface area contributed by atoms with Gasteiger partial charge in [-0.05, 0) is 48.4 Å². The van der Waals surface area contributed by atoms with Crippen LogP contribution in [0.1, 0.15) is 15.9 Å². The summed E-state index contributed by atoms with van der Waals surface area (Å²) in [6, 6.07) is 11.0. The zero-order valence-corrected chi connectivity index (χ0v) is 15.4. The van der Waals surface area contributed by atoms with E-state index in [0.717, 1.165) is 5.56 Å². The van der Waals surface area contributed by atoms with E-state index in [4.69, 9.17) is 20.2 Å². The Morgan fingerprint density at radius 2 is 1.68 bits per heavy atom. The van der Waals surface area contributed by atoms with E-state index in [-0.39, 0.29) is 10.8 Å². The van der Waals surface area contributed by atoms with Crippen LogP contribution in [0.5, 0.6) is 11.5 Å². The predicted molar refractivity (Wildman–Crippen MR) is 95.1 cm³/mol. The lowest BCUT2D eigenvalue weighted by Gasteiger charge is -2.10. The summed E-state index contributed by atoms with van der Waals surface area (Å²) in [6.07, 6.45) is 0.611. The second-order valence-electron chi connectivity index (χ2n) is 5.16. The molecule has 0 aromatic heterocycles. The maximum Gasteiger partial charge on any atom is 0.261 e. The molecule has 0 saturated heterocycles.